The second-order valence-electron chi connectivity index (χ2n) is 5.06. The van der Waals surface area contributed by atoms with E-state index in [0.29, 0.717) is 0 Å². The summed E-state index contributed by atoms with van der Waals surface area (Å²) in [7, 11) is 0. The molecule has 0 spiro atoms. The van der Waals surface area contributed by atoms with Crippen LogP contribution in [0, 0.1) is 0 Å². The molecule has 2 heterocycles. The third-order valence-corrected chi connectivity index (χ3v) is 2.62. The molecule has 2 rings (SSSR count). The van der Waals surface area contributed by atoms with Gasteiger partial charge in [-0.15, -0.1) is 0 Å². The van der Waals surface area contributed by atoms with E-state index in [-0.39, 0.29) is 11.0 Å². The highest BCUT2D eigenvalue weighted by atomic mass is 16.1. The van der Waals surface area contributed by atoms with Crippen LogP contribution in [-0.4, -0.2) is 9.55 Å². The Kier molecular flexibility index (Phi) is 2.84. The molecule has 0 N–H and O–H groups in total. The molecule has 0 fully saturated rings. The topological polar surface area (TPSA) is 34.9 Å². The lowest BCUT2D eigenvalue weighted by molar-refractivity contribution is 0.568. The van der Waals surface area contributed by atoms with Crippen LogP contribution < -0.4 is 5.56 Å². The second kappa shape index (κ2) is 4.17. The number of nitrogens with zero attached hydrogens (tertiary/aromatic N) is 2. The van der Waals surface area contributed by atoms with Gasteiger partial charge in [0.2, 0.25) is 0 Å². The smallest absolute Gasteiger partial charge is 0.255 e. The molecular weight excluding hydrogens is 212 g/mol. The zero-order valence-electron chi connectivity index (χ0n) is 10.3. The van der Waals surface area contributed by atoms with Gasteiger partial charge in [0.15, 0.2) is 0 Å². The summed E-state index contributed by atoms with van der Waals surface area (Å²) in [6.07, 6.45) is 3.48. The van der Waals surface area contributed by atoms with Gasteiger partial charge >= 0.3 is 0 Å². The summed E-state index contributed by atoms with van der Waals surface area (Å²) >= 11 is 0. The molecule has 0 saturated heterocycles. The summed E-state index contributed by atoms with van der Waals surface area (Å²) in [5.74, 6) is 0. The molecule has 0 aliphatic heterocycles. The molecule has 0 saturated carbocycles. The molecule has 0 aromatic carbocycles. The summed E-state index contributed by atoms with van der Waals surface area (Å²) in [4.78, 5) is 16.0. The molecule has 0 bridgehead atoms. The molecule has 0 atom stereocenters. The standard InChI is InChI=1S/C14H16N2O/c1-14(2,3)12-8-7-11(10-15-12)16-9-5-4-6-13(16)17/h4-10H,1-3H3. The van der Waals surface area contributed by atoms with E-state index in [0.717, 1.165) is 11.4 Å². The Hall–Kier alpha value is -1.90. The van der Waals surface area contributed by atoms with Crippen molar-refractivity contribution in [1.29, 1.82) is 0 Å². The van der Waals surface area contributed by atoms with Crippen molar-refractivity contribution in [3.63, 3.8) is 0 Å². The maximum Gasteiger partial charge on any atom is 0.255 e. The lowest BCUT2D eigenvalue weighted by Gasteiger charge is -2.17. The molecule has 0 unspecified atom stereocenters. The van der Waals surface area contributed by atoms with Crippen molar-refractivity contribution >= 4 is 0 Å². The molecule has 2 aromatic rings. The Labute approximate surface area is 101 Å². The van der Waals surface area contributed by atoms with E-state index in [2.05, 4.69) is 25.8 Å². The highest BCUT2D eigenvalue weighted by molar-refractivity contribution is 5.31. The first kappa shape index (κ1) is 11.6. The van der Waals surface area contributed by atoms with Gasteiger partial charge in [0.25, 0.3) is 5.56 Å². The first-order valence-corrected chi connectivity index (χ1v) is 5.63. The van der Waals surface area contributed by atoms with Gasteiger partial charge in [-0.25, -0.2) is 0 Å². The Morgan fingerprint density at radius 3 is 2.41 bits per heavy atom. The third kappa shape index (κ3) is 2.44. The number of pyridine rings is 2. The van der Waals surface area contributed by atoms with Crippen molar-refractivity contribution in [3.05, 3.63) is 58.8 Å². The summed E-state index contributed by atoms with van der Waals surface area (Å²) in [5, 5.41) is 0. The third-order valence-electron chi connectivity index (χ3n) is 2.62. The van der Waals surface area contributed by atoms with Gasteiger partial charge < -0.3 is 0 Å². The van der Waals surface area contributed by atoms with Gasteiger partial charge in [-0.2, -0.15) is 0 Å². The summed E-state index contributed by atoms with van der Waals surface area (Å²) in [6.45, 7) is 6.34. The fourth-order valence-corrected chi connectivity index (χ4v) is 1.61. The van der Waals surface area contributed by atoms with Crippen LogP contribution in [0.2, 0.25) is 0 Å². The fourth-order valence-electron chi connectivity index (χ4n) is 1.61. The number of hydrogen-bond acceptors (Lipinski definition) is 2. The van der Waals surface area contributed by atoms with Crippen LogP contribution in [0.3, 0.4) is 0 Å². The molecule has 0 aliphatic rings. The monoisotopic (exact) mass is 228 g/mol. The maximum atomic E-state index is 11.6. The van der Waals surface area contributed by atoms with Crippen LogP contribution >= 0.6 is 0 Å². The molecule has 3 heteroatoms. The van der Waals surface area contributed by atoms with Crippen molar-refractivity contribution in [3.8, 4) is 5.69 Å². The van der Waals surface area contributed by atoms with E-state index in [9.17, 15) is 4.79 Å². The molecule has 3 nitrogen and oxygen atoms in total. The molecule has 17 heavy (non-hydrogen) atoms. The van der Waals surface area contributed by atoms with Crippen molar-refractivity contribution in [1.82, 2.24) is 9.55 Å². The summed E-state index contributed by atoms with van der Waals surface area (Å²) in [5.41, 5.74) is 1.80. The first-order chi connectivity index (χ1) is 7.98. The maximum absolute atomic E-state index is 11.6. The zero-order valence-corrected chi connectivity index (χ0v) is 10.3. The molecule has 0 amide bonds. The van der Waals surface area contributed by atoms with Gasteiger partial charge in [-0.05, 0) is 18.2 Å². The van der Waals surface area contributed by atoms with Crippen LogP contribution in [0.25, 0.3) is 5.69 Å². The SMILES string of the molecule is CC(C)(C)c1ccc(-n2ccccc2=O)cn1. The van der Waals surface area contributed by atoms with Crippen LogP contribution in [0.5, 0.6) is 0 Å². The van der Waals surface area contributed by atoms with Gasteiger partial charge in [-0.3, -0.25) is 14.3 Å². The molecular formula is C14H16N2O. The van der Waals surface area contributed by atoms with E-state index in [1.807, 2.05) is 18.2 Å². The number of aromatic nitrogens is 2. The van der Waals surface area contributed by atoms with Gasteiger partial charge in [0, 0.05) is 23.4 Å². The van der Waals surface area contributed by atoms with Gasteiger partial charge in [0.1, 0.15) is 0 Å². The van der Waals surface area contributed by atoms with E-state index in [1.54, 1.807) is 23.0 Å². The van der Waals surface area contributed by atoms with E-state index < -0.39 is 0 Å². The average molecular weight is 228 g/mol. The highest BCUT2D eigenvalue weighted by Crippen LogP contribution is 2.20. The summed E-state index contributed by atoms with van der Waals surface area (Å²) in [6, 6.07) is 9.00. The minimum atomic E-state index is -0.0437. The highest BCUT2D eigenvalue weighted by Gasteiger charge is 2.14. The Morgan fingerprint density at radius 1 is 1.12 bits per heavy atom. The lowest BCUT2D eigenvalue weighted by atomic mass is 9.92. The molecule has 0 radical (unpaired) electrons. The van der Waals surface area contributed by atoms with Gasteiger partial charge in [0.05, 0.1) is 11.9 Å². The van der Waals surface area contributed by atoms with E-state index in [1.165, 1.54) is 6.07 Å². The largest absolute Gasteiger partial charge is 0.283 e. The van der Waals surface area contributed by atoms with Crippen molar-refractivity contribution in [2.75, 3.05) is 0 Å². The fraction of sp³-hybridized carbons (Fsp3) is 0.286. The molecule has 88 valence electrons. The minimum absolute atomic E-state index is 0.0280. The van der Waals surface area contributed by atoms with Crippen LogP contribution in [-0.2, 0) is 5.41 Å². The van der Waals surface area contributed by atoms with Crippen LogP contribution in [0.4, 0.5) is 0 Å². The van der Waals surface area contributed by atoms with E-state index >= 15 is 0 Å². The quantitative estimate of drug-likeness (QED) is 0.751. The van der Waals surface area contributed by atoms with Crippen molar-refractivity contribution in [2.45, 2.75) is 26.2 Å². The number of rotatable bonds is 1. The minimum Gasteiger partial charge on any atom is -0.283 e. The Morgan fingerprint density at radius 2 is 1.88 bits per heavy atom. The first-order valence-electron chi connectivity index (χ1n) is 5.63. The van der Waals surface area contributed by atoms with Crippen LogP contribution in [0.1, 0.15) is 26.5 Å². The molecule has 0 aliphatic carbocycles. The second-order valence-corrected chi connectivity index (χ2v) is 5.06. The van der Waals surface area contributed by atoms with Crippen LogP contribution in [0.15, 0.2) is 47.5 Å². The summed E-state index contributed by atoms with van der Waals surface area (Å²) < 4.78 is 1.58. The molecule has 2 aromatic heterocycles. The van der Waals surface area contributed by atoms with Crippen molar-refractivity contribution in [2.24, 2.45) is 0 Å². The Bertz CT molecular complexity index is 562. The Balaban J connectivity index is 2.44. The number of hydrogen-bond donors (Lipinski definition) is 0. The normalized spacial score (nSPS) is 11.5. The van der Waals surface area contributed by atoms with Gasteiger partial charge in [-0.1, -0.05) is 26.8 Å². The predicted octanol–water partition coefficient (Wildman–Crippen LogP) is 2.53. The zero-order chi connectivity index (χ0) is 12.5. The lowest BCUT2D eigenvalue weighted by Crippen LogP contribution is -2.17. The van der Waals surface area contributed by atoms with E-state index in [4.69, 9.17) is 0 Å². The predicted molar refractivity (Wildman–Crippen MR) is 68.5 cm³/mol. The average Bonchev–Trinajstić information content (AvgIpc) is 2.29. The van der Waals surface area contributed by atoms with Crippen molar-refractivity contribution < 1.29 is 0 Å².